The molecule has 3 rings (SSSR count). The van der Waals surface area contributed by atoms with Crippen LogP contribution in [0, 0.1) is 5.92 Å². The van der Waals surface area contributed by atoms with Crippen molar-refractivity contribution in [3.05, 3.63) is 30.1 Å². The summed E-state index contributed by atoms with van der Waals surface area (Å²) in [5.74, 6) is -0.0227. The normalized spacial score (nSPS) is 26.7. The van der Waals surface area contributed by atoms with Crippen LogP contribution in [0.5, 0.6) is 0 Å². The molecule has 1 aromatic heterocycles. The van der Waals surface area contributed by atoms with Gasteiger partial charge in [0.2, 0.25) is 5.91 Å². The van der Waals surface area contributed by atoms with Crippen LogP contribution in [0.1, 0.15) is 57.7 Å². The molecule has 1 saturated heterocycles. The highest BCUT2D eigenvalue weighted by molar-refractivity contribution is 6.09. The van der Waals surface area contributed by atoms with Gasteiger partial charge in [0.05, 0.1) is 11.7 Å². The number of nitrogens with one attached hydrogen (secondary N) is 2. The van der Waals surface area contributed by atoms with Crippen molar-refractivity contribution < 1.29 is 14.4 Å². The minimum absolute atomic E-state index is 0.263. The summed E-state index contributed by atoms with van der Waals surface area (Å²) in [5.41, 5.74) is -0.0808. The first-order valence-corrected chi connectivity index (χ1v) is 9.29. The zero-order valence-electron chi connectivity index (χ0n) is 15.3. The van der Waals surface area contributed by atoms with Crippen molar-refractivity contribution in [3.8, 4) is 0 Å². The molecule has 1 aliphatic heterocycles. The van der Waals surface area contributed by atoms with Gasteiger partial charge >= 0.3 is 6.03 Å². The predicted molar refractivity (Wildman–Crippen MR) is 96.0 cm³/mol. The Balaban J connectivity index is 1.60. The van der Waals surface area contributed by atoms with Gasteiger partial charge in [0.15, 0.2) is 0 Å². The number of carbonyl (C=O) groups excluding carboxylic acids is 3. The number of nitrogens with zero attached hydrogens (tertiary/aromatic N) is 2. The van der Waals surface area contributed by atoms with E-state index in [2.05, 4.69) is 22.5 Å². The van der Waals surface area contributed by atoms with E-state index in [0.29, 0.717) is 18.8 Å². The van der Waals surface area contributed by atoms with Gasteiger partial charge in [-0.15, -0.1) is 0 Å². The first-order chi connectivity index (χ1) is 12.4. The SMILES string of the molecule is CCC1CCC2(CC1)NC(=O)N(CC(=O)NC(C)c1ccccn1)C2=O. The fourth-order valence-electron chi connectivity index (χ4n) is 3.87. The van der Waals surface area contributed by atoms with Gasteiger partial charge in [-0.2, -0.15) is 0 Å². The van der Waals surface area contributed by atoms with Crippen molar-refractivity contribution in [2.24, 2.45) is 5.92 Å². The molecule has 1 unspecified atom stereocenters. The summed E-state index contributed by atoms with van der Waals surface area (Å²) in [6, 6.07) is 4.71. The summed E-state index contributed by atoms with van der Waals surface area (Å²) in [5, 5.41) is 5.65. The fraction of sp³-hybridized carbons (Fsp3) is 0.579. The Morgan fingerprint density at radius 3 is 2.73 bits per heavy atom. The number of hydrogen-bond donors (Lipinski definition) is 2. The molecule has 1 saturated carbocycles. The molecule has 140 valence electrons. The Morgan fingerprint density at radius 2 is 2.12 bits per heavy atom. The quantitative estimate of drug-likeness (QED) is 0.789. The van der Waals surface area contributed by atoms with E-state index in [1.54, 1.807) is 12.3 Å². The minimum atomic E-state index is -0.810. The summed E-state index contributed by atoms with van der Waals surface area (Å²) in [4.78, 5) is 42.7. The maximum Gasteiger partial charge on any atom is 0.325 e. The van der Waals surface area contributed by atoms with E-state index in [0.717, 1.165) is 29.9 Å². The topological polar surface area (TPSA) is 91.4 Å². The van der Waals surface area contributed by atoms with Crippen molar-refractivity contribution in [1.82, 2.24) is 20.5 Å². The second-order valence-electron chi connectivity index (χ2n) is 7.30. The van der Waals surface area contributed by atoms with Crippen LogP contribution >= 0.6 is 0 Å². The highest BCUT2D eigenvalue weighted by Crippen LogP contribution is 2.37. The summed E-state index contributed by atoms with van der Waals surface area (Å²) in [6.07, 6.45) is 5.91. The number of hydrogen-bond acceptors (Lipinski definition) is 4. The average Bonchev–Trinajstić information content (AvgIpc) is 2.87. The number of amides is 4. The Morgan fingerprint density at radius 1 is 1.38 bits per heavy atom. The molecular formula is C19H26N4O3. The minimum Gasteiger partial charge on any atom is -0.346 e. The zero-order chi connectivity index (χ0) is 18.7. The van der Waals surface area contributed by atoms with Crippen LogP contribution in [0.15, 0.2) is 24.4 Å². The molecule has 0 aromatic carbocycles. The Labute approximate surface area is 153 Å². The Kier molecular flexibility index (Phi) is 5.25. The molecule has 0 radical (unpaired) electrons. The standard InChI is InChI=1S/C19H26N4O3/c1-3-14-7-9-19(10-8-14)17(25)23(18(26)22-19)12-16(24)21-13(2)15-6-4-5-11-20-15/h4-6,11,13-14H,3,7-10,12H2,1-2H3,(H,21,24)(H,22,26). The highest BCUT2D eigenvalue weighted by Gasteiger charge is 2.52. The smallest absolute Gasteiger partial charge is 0.325 e. The number of aromatic nitrogens is 1. The van der Waals surface area contributed by atoms with Gasteiger partial charge in [0, 0.05) is 6.20 Å². The van der Waals surface area contributed by atoms with Crippen LogP contribution in [-0.2, 0) is 9.59 Å². The van der Waals surface area contributed by atoms with Crippen molar-refractivity contribution in [1.29, 1.82) is 0 Å². The van der Waals surface area contributed by atoms with Gasteiger partial charge < -0.3 is 10.6 Å². The van der Waals surface area contributed by atoms with Gasteiger partial charge in [0.1, 0.15) is 12.1 Å². The number of rotatable bonds is 5. The van der Waals surface area contributed by atoms with Crippen LogP contribution in [-0.4, -0.2) is 39.8 Å². The lowest BCUT2D eigenvalue weighted by atomic mass is 9.75. The molecule has 1 aromatic rings. The molecule has 1 aliphatic carbocycles. The Bertz CT molecular complexity index is 683. The number of pyridine rings is 1. The highest BCUT2D eigenvalue weighted by atomic mass is 16.2. The van der Waals surface area contributed by atoms with E-state index < -0.39 is 11.6 Å². The van der Waals surface area contributed by atoms with Crippen LogP contribution < -0.4 is 10.6 Å². The first kappa shape index (κ1) is 18.4. The molecule has 2 fully saturated rings. The number of carbonyl (C=O) groups is 3. The molecule has 2 aliphatic rings. The molecule has 7 nitrogen and oxygen atoms in total. The largest absolute Gasteiger partial charge is 0.346 e. The second-order valence-corrected chi connectivity index (χ2v) is 7.30. The van der Waals surface area contributed by atoms with E-state index >= 15 is 0 Å². The van der Waals surface area contributed by atoms with E-state index in [1.807, 2.05) is 19.1 Å². The Hall–Kier alpha value is -2.44. The van der Waals surface area contributed by atoms with Crippen molar-refractivity contribution in [3.63, 3.8) is 0 Å². The van der Waals surface area contributed by atoms with Crippen molar-refractivity contribution in [2.75, 3.05) is 6.54 Å². The summed E-state index contributed by atoms with van der Waals surface area (Å²) >= 11 is 0. The van der Waals surface area contributed by atoms with Gasteiger partial charge in [-0.3, -0.25) is 19.5 Å². The summed E-state index contributed by atoms with van der Waals surface area (Å²) in [7, 11) is 0. The lowest BCUT2D eigenvalue weighted by Crippen LogP contribution is -2.50. The predicted octanol–water partition coefficient (Wildman–Crippen LogP) is 2.15. The molecule has 1 atom stereocenters. The maximum absolute atomic E-state index is 12.8. The van der Waals surface area contributed by atoms with E-state index in [-0.39, 0.29) is 24.4 Å². The molecule has 2 heterocycles. The molecule has 7 heteroatoms. The third-order valence-electron chi connectivity index (χ3n) is 5.59. The van der Waals surface area contributed by atoms with Crippen LogP contribution in [0.25, 0.3) is 0 Å². The van der Waals surface area contributed by atoms with E-state index in [9.17, 15) is 14.4 Å². The molecule has 0 bridgehead atoms. The lowest BCUT2D eigenvalue weighted by Gasteiger charge is -2.34. The van der Waals surface area contributed by atoms with Crippen LogP contribution in [0.2, 0.25) is 0 Å². The molecule has 4 amide bonds. The van der Waals surface area contributed by atoms with Crippen molar-refractivity contribution >= 4 is 17.8 Å². The van der Waals surface area contributed by atoms with Crippen molar-refractivity contribution in [2.45, 2.75) is 57.5 Å². The maximum atomic E-state index is 12.8. The molecular weight excluding hydrogens is 332 g/mol. The van der Waals surface area contributed by atoms with Gasteiger partial charge in [-0.1, -0.05) is 19.4 Å². The van der Waals surface area contributed by atoms with E-state index in [1.165, 1.54) is 0 Å². The third-order valence-corrected chi connectivity index (χ3v) is 5.59. The first-order valence-electron chi connectivity index (χ1n) is 9.29. The van der Waals surface area contributed by atoms with Gasteiger partial charge in [-0.05, 0) is 50.7 Å². The molecule has 1 spiro atoms. The lowest BCUT2D eigenvalue weighted by molar-refractivity contribution is -0.136. The van der Waals surface area contributed by atoms with Gasteiger partial charge in [0.25, 0.3) is 5.91 Å². The third kappa shape index (κ3) is 3.57. The number of urea groups is 1. The average molecular weight is 358 g/mol. The summed E-state index contributed by atoms with van der Waals surface area (Å²) < 4.78 is 0. The zero-order valence-corrected chi connectivity index (χ0v) is 15.3. The van der Waals surface area contributed by atoms with Crippen LogP contribution in [0.3, 0.4) is 0 Å². The second kappa shape index (κ2) is 7.43. The van der Waals surface area contributed by atoms with Gasteiger partial charge in [-0.25, -0.2) is 4.79 Å². The van der Waals surface area contributed by atoms with E-state index in [4.69, 9.17) is 0 Å². The molecule has 26 heavy (non-hydrogen) atoms. The molecule has 2 N–H and O–H groups in total. The van der Waals surface area contributed by atoms with Crippen LogP contribution in [0.4, 0.5) is 4.79 Å². The fourth-order valence-corrected chi connectivity index (χ4v) is 3.87. The number of imide groups is 1. The summed E-state index contributed by atoms with van der Waals surface area (Å²) in [6.45, 7) is 3.71. The monoisotopic (exact) mass is 358 g/mol.